The van der Waals surface area contributed by atoms with Crippen LogP contribution in [-0.2, 0) is 16.2 Å². The summed E-state index contributed by atoms with van der Waals surface area (Å²) in [6.07, 6.45) is -2.56. The number of halogens is 3. The van der Waals surface area contributed by atoms with Gasteiger partial charge in [-0.25, -0.2) is 8.42 Å². The zero-order valence-electron chi connectivity index (χ0n) is 11.4. The molecule has 9 heteroatoms. The van der Waals surface area contributed by atoms with Crippen molar-refractivity contribution in [3.63, 3.8) is 0 Å². The summed E-state index contributed by atoms with van der Waals surface area (Å²) in [5.74, 6) is 0. The van der Waals surface area contributed by atoms with Crippen LogP contribution in [0, 0.1) is 5.41 Å². The predicted octanol–water partition coefficient (Wildman–Crippen LogP) is 1.46. The van der Waals surface area contributed by atoms with E-state index in [0.717, 1.165) is 16.7 Å². The average molecular weight is 323 g/mol. The molecule has 0 saturated carbocycles. The molecule has 2 heterocycles. The molecular weight excluding hydrogens is 307 g/mol. The molecule has 1 aliphatic rings. The number of nitrogens with two attached hydrogens (primary N) is 1. The second-order valence-electron chi connectivity index (χ2n) is 5.47. The first-order chi connectivity index (χ1) is 9.60. The summed E-state index contributed by atoms with van der Waals surface area (Å²) in [6.45, 7) is 2.36. The topological polar surface area (TPSA) is 76.3 Å². The van der Waals surface area contributed by atoms with E-state index >= 15 is 0 Å². The van der Waals surface area contributed by atoms with Crippen molar-refractivity contribution in [2.24, 2.45) is 11.1 Å². The van der Waals surface area contributed by atoms with Crippen molar-refractivity contribution < 1.29 is 21.6 Å². The lowest BCUT2D eigenvalue weighted by Gasteiger charge is -2.23. The normalized spacial score (nSPS) is 24.4. The third-order valence-corrected chi connectivity index (χ3v) is 5.60. The highest BCUT2D eigenvalue weighted by Crippen LogP contribution is 2.37. The molecule has 1 fully saturated rings. The van der Waals surface area contributed by atoms with Gasteiger partial charge in [-0.2, -0.15) is 17.5 Å². The molecule has 0 bridgehead atoms. The van der Waals surface area contributed by atoms with Gasteiger partial charge in [0, 0.05) is 25.5 Å². The van der Waals surface area contributed by atoms with Gasteiger partial charge in [0.15, 0.2) is 0 Å². The van der Waals surface area contributed by atoms with Gasteiger partial charge in [-0.1, -0.05) is 6.92 Å². The highest BCUT2D eigenvalue weighted by atomic mass is 32.2. The SMILES string of the molecule is CC1(CN)CCN(S(=O)(=O)c2cnccc2C(F)(F)F)C1. The Morgan fingerprint density at radius 1 is 1.48 bits per heavy atom. The molecule has 2 rings (SSSR count). The Hall–Kier alpha value is -1.19. The number of alkyl halides is 3. The van der Waals surface area contributed by atoms with Crippen molar-refractivity contribution in [2.45, 2.75) is 24.4 Å². The number of hydrogen-bond acceptors (Lipinski definition) is 4. The van der Waals surface area contributed by atoms with Crippen molar-refractivity contribution in [3.8, 4) is 0 Å². The van der Waals surface area contributed by atoms with Gasteiger partial charge < -0.3 is 5.73 Å². The van der Waals surface area contributed by atoms with Gasteiger partial charge in [0.05, 0.1) is 5.56 Å². The zero-order valence-corrected chi connectivity index (χ0v) is 12.2. The number of hydrogen-bond donors (Lipinski definition) is 1. The Morgan fingerprint density at radius 3 is 2.67 bits per heavy atom. The summed E-state index contributed by atoms with van der Waals surface area (Å²) >= 11 is 0. The van der Waals surface area contributed by atoms with E-state index in [1.807, 2.05) is 6.92 Å². The maximum Gasteiger partial charge on any atom is 0.417 e. The van der Waals surface area contributed by atoms with Crippen LogP contribution >= 0.6 is 0 Å². The molecule has 2 N–H and O–H groups in total. The fraction of sp³-hybridized carbons (Fsp3) is 0.583. The van der Waals surface area contributed by atoms with Crippen LogP contribution in [0.4, 0.5) is 13.2 Å². The van der Waals surface area contributed by atoms with Crippen LogP contribution in [0.25, 0.3) is 0 Å². The van der Waals surface area contributed by atoms with Gasteiger partial charge in [0.1, 0.15) is 4.90 Å². The number of pyridine rings is 1. The van der Waals surface area contributed by atoms with E-state index in [1.165, 1.54) is 0 Å². The van der Waals surface area contributed by atoms with Crippen LogP contribution < -0.4 is 5.73 Å². The molecule has 1 atom stereocenters. The van der Waals surface area contributed by atoms with Crippen LogP contribution in [0.5, 0.6) is 0 Å². The molecule has 0 radical (unpaired) electrons. The Morgan fingerprint density at radius 2 is 2.14 bits per heavy atom. The summed E-state index contributed by atoms with van der Waals surface area (Å²) in [7, 11) is -4.24. The smallest absolute Gasteiger partial charge is 0.330 e. The van der Waals surface area contributed by atoms with Crippen molar-refractivity contribution >= 4 is 10.0 Å². The van der Waals surface area contributed by atoms with Crippen LogP contribution in [0.1, 0.15) is 18.9 Å². The molecule has 1 aromatic heterocycles. The summed E-state index contributed by atoms with van der Waals surface area (Å²) in [5, 5.41) is 0. The number of aromatic nitrogens is 1. The van der Waals surface area contributed by atoms with Gasteiger partial charge >= 0.3 is 6.18 Å². The molecule has 5 nitrogen and oxygen atoms in total. The fourth-order valence-electron chi connectivity index (χ4n) is 2.31. The minimum atomic E-state index is -4.75. The highest BCUT2D eigenvalue weighted by Gasteiger charge is 2.43. The summed E-state index contributed by atoms with van der Waals surface area (Å²) in [4.78, 5) is 2.72. The third-order valence-electron chi connectivity index (χ3n) is 3.72. The molecule has 1 aliphatic heterocycles. The molecule has 1 saturated heterocycles. The van der Waals surface area contributed by atoms with Gasteiger partial charge in [-0.15, -0.1) is 0 Å². The van der Waals surface area contributed by atoms with Crippen molar-refractivity contribution in [2.75, 3.05) is 19.6 Å². The van der Waals surface area contributed by atoms with Crippen LogP contribution in [0.15, 0.2) is 23.4 Å². The first kappa shape index (κ1) is 16.2. The standard InChI is InChI=1S/C12H16F3N3O2S/c1-11(7-16)3-5-18(8-11)21(19,20)10-6-17-4-2-9(10)12(13,14)15/h2,4,6H,3,5,7-8,16H2,1H3. The van der Waals surface area contributed by atoms with Gasteiger partial charge in [0.2, 0.25) is 10.0 Å². The lowest BCUT2D eigenvalue weighted by Crippen LogP contribution is -2.35. The first-order valence-electron chi connectivity index (χ1n) is 6.32. The number of rotatable bonds is 3. The molecule has 0 aliphatic carbocycles. The molecule has 1 unspecified atom stereocenters. The minimum Gasteiger partial charge on any atom is -0.330 e. The maximum absolute atomic E-state index is 13.0. The summed E-state index contributed by atoms with van der Waals surface area (Å²) in [5.41, 5.74) is 3.99. The highest BCUT2D eigenvalue weighted by molar-refractivity contribution is 7.89. The lowest BCUT2D eigenvalue weighted by atomic mass is 9.90. The Bertz CT molecular complexity index is 633. The summed E-state index contributed by atoms with van der Waals surface area (Å²) < 4.78 is 64.8. The second kappa shape index (κ2) is 5.22. The fourth-order valence-corrected chi connectivity index (χ4v) is 4.06. The van der Waals surface area contributed by atoms with E-state index in [4.69, 9.17) is 5.73 Å². The molecule has 1 aromatic rings. The second-order valence-corrected chi connectivity index (χ2v) is 7.38. The van der Waals surface area contributed by atoms with E-state index in [1.54, 1.807) is 0 Å². The minimum absolute atomic E-state index is 0.109. The molecule has 118 valence electrons. The number of nitrogens with zero attached hydrogens (tertiary/aromatic N) is 2. The van der Waals surface area contributed by atoms with Crippen LogP contribution in [-0.4, -0.2) is 37.3 Å². The van der Waals surface area contributed by atoms with E-state index in [9.17, 15) is 21.6 Å². The largest absolute Gasteiger partial charge is 0.417 e. The average Bonchev–Trinajstić information content (AvgIpc) is 2.82. The maximum atomic E-state index is 13.0. The Labute approximate surface area is 121 Å². The molecular formula is C12H16F3N3O2S. The van der Waals surface area contributed by atoms with E-state index in [2.05, 4.69) is 4.98 Å². The third kappa shape index (κ3) is 3.04. The van der Waals surface area contributed by atoms with Crippen LogP contribution in [0.2, 0.25) is 0 Å². The molecule has 21 heavy (non-hydrogen) atoms. The Balaban J connectivity index is 2.43. The van der Waals surface area contributed by atoms with Gasteiger partial charge in [-0.3, -0.25) is 4.98 Å². The van der Waals surface area contributed by atoms with E-state index in [-0.39, 0.29) is 19.6 Å². The Kier molecular flexibility index (Phi) is 4.02. The van der Waals surface area contributed by atoms with E-state index in [0.29, 0.717) is 12.5 Å². The van der Waals surface area contributed by atoms with Gasteiger partial charge in [0.25, 0.3) is 0 Å². The lowest BCUT2D eigenvalue weighted by molar-refractivity contribution is -0.140. The zero-order chi connectivity index (χ0) is 15.9. The summed E-state index contributed by atoms with van der Waals surface area (Å²) in [6, 6.07) is 0.672. The monoisotopic (exact) mass is 323 g/mol. The predicted molar refractivity (Wildman–Crippen MR) is 69.8 cm³/mol. The number of sulfonamides is 1. The van der Waals surface area contributed by atoms with Crippen molar-refractivity contribution in [3.05, 3.63) is 24.0 Å². The van der Waals surface area contributed by atoms with Crippen molar-refractivity contribution in [1.29, 1.82) is 0 Å². The molecule has 0 aromatic carbocycles. The molecule has 0 amide bonds. The quantitative estimate of drug-likeness (QED) is 0.914. The van der Waals surface area contributed by atoms with Gasteiger partial charge in [-0.05, 0) is 24.4 Å². The molecule has 0 spiro atoms. The van der Waals surface area contributed by atoms with Crippen LogP contribution in [0.3, 0.4) is 0 Å². The van der Waals surface area contributed by atoms with Crippen molar-refractivity contribution in [1.82, 2.24) is 9.29 Å². The van der Waals surface area contributed by atoms with E-state index < -0.39 is 32.1 Å². The first-order valence-corrected chi connectivity index (χ1v) is 7.76.